The van der Waals surface area contributed by atoms with Gasteiger partial charge in [0, 0.05) is 20.0 Å². The van der Waals surface area contributed by atoms with Gasteiger partial charge in [-0.1, -0.05) is 18.2 Å². The molecule has 1 aromatic rings. The van der Waals surface area contributed by atoms with Crippen LogP contribution in [0.25, 0.3) is 0 Å². The fourth-order valence-corrected chi connectivity index (χ4v) is 2.97. The number of carbonyl (C=O) groups is 1. The fourth-order valence-electron chi connectivity index (χ4n) is 2.97. The molecule has 3 rings (SSSR count). The number of hydrogen-bond donors (Lipinski definition) is 0. The lowest BCUT2D eigenvalue weighted by Gasteiger charge is -2.32. The zero-order valence-electron chi connectivity index (χ0n) is 14.1. The predicted octanol–water partition coefficient (Wildman–Crippen LogP) is 1.89. The van der Waals surface area contributed by atoms with E-state index in [1.807, 2.05) is 4.90 Å². The molecule has 4 nitrogen and oxygen atoms in total. The highest BCUT2D eigenvalue weighted by Gasteiger charge is 2.51. The molecule has 1 aromatic carbocycles. The van der Waals surface area contributed by atoms with Crippen molar-refractivity contribution < 1.29 is 14.1 Å². The number of fused-ring (bicyclic) bond motifs is 1. The number of rotatable bonds is 1. The molecule has 1 amide bonds. The number of nitrogens with zero attached hydrogens (tertiary/aromatic N) is 1. The van der Waals surface area contributed by atoms with E-state index in [2.05, 4.69) is 45.9 Å². The molecule has 22 heavy (non-hydrogen) atoms. The lowest BCUT2D eigenvalue weighted by Crippen LogP contribution is -2.41. The molecule has 0 atom stereocenters. The quantitative estimate of drug-likeness (QED) is 0.744. The summed E-state index contributed by atoms with van der Waals surface area (Å²) >= 11 is 0. The summed E-state index contributed by atoms with van der Waals surface area (Å²) in [5.74, 6) is 0.140. The Morgan fingerprint density at radius 2 is 1.77 bits per heavy atom. The van der Waals surface area contributed by atoms with Crippen LogP contribution in [0.3, 0.4) is 0 Å². The van der Waals surface area contributed by atoms with E-state index in [0.717, 1.165) is 18.4 Å². The molecular weight excluding hydrogens is 277 g/mol. The molecule has 2 aliphatic rings. The predicted molar refractivity (Wildman–Crippen MR) is 87.0 cm³/mol. The van der Waals surface area contributed by atoms with Crippen LogP contribution in [0.2, 0.25) is 0 Å². The van der Waals surface area contributed by atoms with Gasteiger partial charge in [0.25, 0.3) is 0 Å². The van der Waals surface area contributed by atoms with Crippen molar-refractivity contribution in [3.05, 3.63) is 29.3 Å². The Labute approximate surface area is 132 Å². The van der Waals surface area contributed by atoms with E-state index in [1.165, 1.54) is 11.1 Å². The summed E-state index contributed by atoms with van der Waals surface area (Å²) in [6, 6.07) is 6.34. The van der Waals surface area contributed by atoms with Crippen LogP contribution in [0.15, 0.2) is 18.2 Å². The van der Waals surface area contributed by atoms with E-state index in [-0.39, 0.29) is 24.2 Å². The highest BCUT2D eigenvalue weighted by atomic mass is 16.7. The van der Waals surface area contributed by atoms with E-state index in [1.54, 1.807) is 6.92 Å². The monoisotopic (exact) mass is 301 g/mol. The van der Waals surface area contributed by atoms with Gasteiger partial charge < -0.3 is 14.2 Å². The first-order valence-electron chi connectivity index (χ1n) is 7.92. The van der Waals surface area contributed by atoms with Gasteiger partial charge in [0.2, 0.25) is 5.91 Å². The molecule has 0 aromatic heterocycles. The Kier molecular flexibility index (Phi) is 3.61. The summed E-state index contributed by atoms with van der Waals surface area (Å²) < 4.78 is 12.2. The third kappa shape index (κ3) is 2.57. The maximum Gasteiger partial charge on any atom is 0.494 e. The van der Waals surface area contributed by atoms with Gasteiger partial charge in [-0.25, -0.2) is 0 Å². The number of carbonyl (C=O) groups excluding carboxylic acids is 1. The molecule has 2 heterocycles. The maximum absolute atomic E-state index is 11.5. The molecular formula is C17H24BNO3. The zero-order valence-corrected chi connectivity index (χ0v) is 14.1. The van der Waals surface area contributed by atoms with Crippen LogP contribution in [-0.2, 0) is 27.1 Å². The highest BCUT2D eigenvalue weighted by molar-refractivity contribution is 6.62. The van der Waals surface area contributed by atoms with Gasteiger partial charge in [-0.2, -0.15) is 0 Å². The largest absolute Gasteiger partial charge is 0.494 e. The molecule has 5 heteroatoms. The lowest BCUT2D eigenvalue weighted by molar-refractivity contribution is -0.129. The molecule has 0 unspecified atom stereocenters. The van der Waals surface area contributed by atoms with Gasteiger partial charge in [-0.15, -0.1) is 0 Å². The van der Waals surface area contributed by atoms with Crippen molar-refractivity contribution in [1.29, 1.82) is 0 Å². The number of amides is 1. The SMILES string of the molecule is CC(=O)N1CCc2cc(B3OC(C)(C)C(C)(C)O3)ccc2C1. The zero-order chi connectivity index (χ0) is 16.1. The van der Waals surface area contributed by atoms with Crippen molar-refractivity contribution in [3.8, 4) is 0 Å². The third-order valence-electron chi connectivity index (χ3n) is 5.21. The van der Waals surface area contributed by atoms with Gasteiger partial charge >= 0.3 is 7.12 Å². The lowest BCUT2D eigenvalue weighted by atomic mass is 9.77. The molecule has 0 radical (unpaired) electrons. The first-order chi connectivity index (χ1) is 10.2. The first kappa shape index (κ1) is 15.6. The minimum Gasteiger partial charge on any atom is -0.399 e. The molecule has 0 spiro atoms. The summed E-state index contributed by atoms with van der Waals surface area (Å²) in [7, 11) is -0.318. The minimum absolute atomic E-state index is 0.140. The van der Waals surface area contributed by atoms with Crippen LogP contribution < -0.4 is 5.46 Å². The summed E-state index contributed by atoms with van der Waals surface area (Å²) in [6.45, 7) is 11.4. The van der Waals surface area contributed by atoms with Gasteiger partial charge in [-0.3, -0.25) is 4.79 Å². The van der Waals surface area contributed by atoms with Crippen LogP contribution in [0.4, 0.5) is 0 Å². The summed E-state index contributed by atoms with van der Waals surface area (Å²) in [4.78, 5) is 13.4. The summed E-state index contributed by atoms with van der Waals surface area (Å²) in [5.41, 5.74) is 2.94. The Bertz CT molecular complexity index is 596. The second-order valence-corrected chi connectivity index (χ2v) is 7.31. The van der Waals surface area contributed by atoms with Gasteiger partial charge in [0.05, 0.1) is 11.2 Å². The van der Waals surface area contributed by atoms with Crippen LogP contribution in [-0.4, -0.2) is 35.7 Å². The topological polar surface area (TPSA) is 38.8 Å². The average Bonchev–Trinajstić information content (AvgIpc) is 2.66. The van der Waals surface area contributed by atoms with E-state index in [4.69, 9.17) is 9.31 Å². The van der Waals surface area contributed by atoms with Gasteiger partial charge in [0.1, 0.15) is 0 Å². The third-order valence-corrected chi connectivity index (χ3v) is 5.21. The Balaban J connectivity index is 1.83. The van der Waals surface area contributed by atoms with Crippen molar-refractivity contribution in [2.24, 2.45) is 0 Å². The second-order valence-electron chi connectivity index (χ2n) is 7.31. The number of benzene rings is 1. The fraction of sp³-hybridized carbons (Fsp3) is 0.588. The van der Waals surface area contributed by atoms with Crippen molar-refractivity contribution in [1.82, 2.24) is 4.90 Å². The molecule has 0 N–H and O–H groups in total. The van der Waals surface area contributed by atoms with Crippen molar-refractivity contribution in [2.75, 3.05) is 6.54 Å². The van der Waals surface area contributed by atoms with Crippen molar-refractivity contribution >= 4 is 18.5 Å². The first-order valence-corrected chi connectivity index (χ1v) is 7.92. The molecule has 1 saturated heterocycles. The Morgan fingerprint density at radius 3 is 2.36 bits per heavy atom. The standard InChI is InChI=1S/C17H24BNO3/c1-12(20)19-9-8-13-10-15(7-6-14(13)11-19)18-21-16(2,3)17(4,5)22-18/h6-7,10H,8-9,11H2,1-5H3. The summed E-state index contributed by atoms with van der Waals surface area (Å²) in [5, 5.41) is 0. The van der Waals surface area contributed by atoms with Crippen LogP contribution >= 0.6 is 0 Å². The highest BCUT2D eigenvalue weighted by Crippen LogP contribution is 2.36. The summed E-state index contributed by atoms with van der Waals surface area (Å²) in [6.07, 6.45) is 0.891. The molecule has 0 bridgehead atoms. The maximum atomic E-state index is 11.5. The average molecular weight is 301 g/mol. The number of hydrogen-bond acceptors (Lipinski definition) is 3. The van der Waals surface area contributed by atoms with E-state index in [9.17, 15) is 4.79 Å². The van der Waals surface area contributed by atoms with Crippen LogP contribution in [0.5, 0.6) is 0 Å². The Hall–Kier alpha value is -1.33. The molecule has 0 aliphatic carbocycles. The van der Waals surface area contributed by atoms with Crippen molar-refractivity contribution in [3.63, 3.8) is 0 Å². The van der Waals surface area contributed by atoms with E-state index < -0.39 is 0 Å². The Morgan fingerprint density at radius 1 is 1.14 bits per heavy atom. The molecule has 118 valence electrons. The van der Waals surface area contributed by atoms with Gasteiger partial charge in [-0.05, 0) is 50.7 Å². The normalized spacial score (nSPS) is 22.6. The van der Waals surface area contributed by atoms with Crippen molar-refractivity contribution in [2.45, 2.75) is 58.8 Å². The van der Waals surface area contributed by atoms with E-state index >= 15 is 0 Å². The smallest absolute Gasteiger partial charge is 0.399 e. The second kappa shape index (κ2) is 5.10. The molecule has 1 fully saturated rings. The van der Waals surface area contributed by atoms with E-state index in [0.29, 0.717) is 6.54 Å². The van der Waals surface area contributed by atoms with Crippen LogP contribution in [0, 0.1) is 0 Å². The molecule has 2 aliphatic heterocycles. The van der Waals surface area contributed by atoms with Crippen LogP contribution in [0.1, 0.15) is 45.7 Å². The molecule has 0 saturated carbocycles. The minimum atomic E-state index is -0.320. The van der Waals surface area contributed by atoms with Gasteiger partial charge in [0.15, 0.2) is 0 Å².